The van der Waals surface area contributed by atoms with Crippen LogP contribution in [0, 0.1) is 0 Å². The van der Waals surface area contributed by atoms with Crippen molar-refractivity contribution in [3.63, 3.8) is 0 Å². The highest BCUT2D eigenvalue weighted by Gasteiger charge is 2.54. The molecule has 3 aliphatic rings. The standard InChI is InChI=1S/C18H21N5O4/c1-3-27-13(24)11-23-16(25)14-15(20(2)18(23)26)19-17-21(9-10-22(14)17)12-7-5-4-6-8-12/h4-8,14-15H,3,9-11H2,1-2H3. The van der Waals surface area contributed by atoms with Crippen molar-refractivity contribution in [1.29, 1.82) is 0 Å². The van der Waals surface area contributed by atoms with Gasteiger partial charge in [-0.3, -0.25) is 14.5 Å². The van der Waals surface area contributed by atoms with Gasteiger partial charge in [-0.2, -0.15) is 0 Å². The molecule has 9 heteroatoms. The van der Waals surface area contributed by atoms with Crippen LogP contribution in [0.15, 0.2) is 35.3 Å². The third kappa shape index (κ3) is 2.70. The fourth-order valence-electron chi connectivity index (χ4n) is 3.77. The highest BCUT2D eigenvalue weighted by Crippen LogP contribution is 2.33. The van der Waals surface area contributed by atoms with E-state index in [1.54, 1.807) is 14.0 Å². The van der Waals surface area contributed by atoms with Crippen molar-refractivity contribution < 1.29 is 19.1 Å². The highest BCUT2D eigenvalue weighted by molar-refractivity contribution is 6.08. The fourth-order valence-corrected chi connectivity index (χ4v) is 3.77. The minimum Gasteiger partial charge on any atom is -0.465 e. The fraction of sp³-hybridized carbons (Fsp3) is 0.444. The number of aliphatic imine (C=N–C) groups is 1. The smallest absolute Gasteiger partial charge is 0.328 e. The lowest BCUT2D eigenvalue weighted by Crippen LogP contribution is -2.65. The summed E-state index contributed by atoms with van der Waals surface area (Å²) in [4.78, 5) is 48.5. The van der Waals surface area contributed by atoms with Gasteiger partial charge in [0.2, 0.25) is 5.96 Å². The molecular formula is C18H21N5O4. The molecule has 0 aliphatic carbocycles. The molecule has 2 fully saturated rings. The minimum absolute atomic E-state index is 0.197. The Morgan fingerprint density at radius 2 is 1.96 bits per heavy atom. The van der Waals surface area contributed by atoms with E-state index >= 15 is 0 Å². The second-order valence-electron chi connectivity index (χ2n) is 6.59. The normalized spacial score (nSPS) is 24.1. The quantitative estimate of drug-likeness (QED) is 0.709. The number of rotatable bonds is 4. The highest BCUT2D eigenvalue weighted by atomic mass is 16.5. The first-order valence-electron chi connectivity index (χ1n) is 8.93. The summed E-state index contributed by atoms with van der Waals surface area (Å²) in [5.74, 6) is -0.329. The zero-order valence-electron chi connectivity index (χ0n) is 15.2. The Morgan fingerprint density at radius 1 is 1.22 bits per heavy atom. The number of esters is 1. The maximum atomic E-state index is 13.0. The van der Waals surface area contributed by atoms with Gasteiger partial charge in [-0.05, 0) is 19.1 Å². The van der Waals surface area contributed by atoms with E-state index in [2.05, 4.69) is 4.99 Å². The Kier molecular flexibility index (Phi) is 4.21. The molecule has 0 radical (unpaired) electrons. The Morgan fingerprint density at radius 3 is 2.67 bits per heavy atom. The molecule has 1 aromatic rings. The van der Waals surface area contributed by atoms with Gasteiger partial charge < -0.3 is 19.4 Å². The Hall–Kier alpha value is -3.10. The van der Waals surface area contributed by atoms with Crippen LogP contribution >= 0.6 is 0 Å². The molecule has 0 aromatic heterocycles. The Bertz CT molecular complexity index is 811. The number of nitrogens with zero attached hydrogens (tertiary/aromatic N) is 5. The Labute approximate surface area is 156 Å². The maximum absolute atomic E-state index is 13.0. The van der Waals surface area contributed by atoms with Gasteiger partial charge in [0.05, 0.1) is 6.61 Å². The number of amides is 3. The number of likely N-dealkylation sites (N-methyl/N-ethyl adjacent to an activating group) is 1. The van der Waals surface area contributed by atoms with Crippen molar-refractivity contribution >= 4 is 29.6 Å². The van der Waals surface area contributed by atoms with Crippen LogP contribution in [0.1, 0.15) is 6.92 Å². The number of guanidine groups is 1. The molecule has 27 heavy (non-hydrogen) atoms. The summed E-state index contributed by atoms with van der Waals surface area (Å²) in [5, 5.41) is 0. The molecule has 0 N–H and O–H groups in total. The molecule has 3 amide bonds. The van der Waals surface area contributed by atoms with Gasteiger partial charge >= 0.3 is 12.0 Å². The van der Waals surface area contributed by atoms with E-state index in [1.165, 1.54) is 4.90 Å². The van der Waals surface area contributed by atoms with Crippen molar-refractivity contribution in [3.8, 4) is 0 Å². The van der Waals surface area contributed by atoms with Gasteiger partial charge in [-0.25, -0.2) is 9.79 Å². The summed E-state index contributed by atoms with van der Waals surface area (Å²) in [5.41, 5.74) is 0.988. The Balaban J connectivity index is 1.61. The molecule has 1 aromatic carbocycles. The molecule has 0 spiro atoms. The lowest BCUT2D eigenvalue weighted by molar-refractivity contribution is -0.150. The van der Waals surface area contributed by atoms with Crippen LogP contribution in [0.2, 0.25) is 0 Å². The van der Waals surface area contributed by atoms with Crippen molar-refractivity contribution in [3.05, 3.63) is 30.3 Å². The molecule has 2 saturated heterocycles. The van der Waals surface area contributed by atoms with Gasteiger partial charge in [0, 0.05) is 25.8 Å². The van der Waals surface area contributed by atoms with Gasteiger partial charge in [-0.15, -0.1) is 0 Å². The lowest BCUT2D eigenvalue weighted by Gasteiger charge is -2.40. The molecule has 0 saturated carbocycles. The van der Waals surface area contributed by atoms with E-state index in [0.717, 1.165) is 10.6 Å². The molecule has 4 rings (SSSR count). The number of anilines is 1. The third-order valence-electron chi connectivity index (χ3n) is 5.04. The predicted octanol–water partition coefficient (Wildman–Crippen LogP) is 0.330. The van der Waals surface area contributed by atoms with Crippen LogP contribution in [-0.2, 0) is 14.3 Å². The van der Waals surface area contributed by atoms with Crippen LogP contribution < -0.4 is 4.90 Å². The summed E-state index contributed by atoms with van der Waals surface area (Å²) in [7, 11) is 1.60. The molecule has 3 aliphatic heterocycles. The zero-order chi connectivity index (χ0) is 19.1. The average Bonchev–Trinajstić information content (AvgIpc) is 3.23. The molecule has 2 atom stereocenters. The van der Waals surface area contributed by atoms with Crippen molar-refractivity contribution in [1.82, 2.24) is 14.7 Å². The number of fused-ring (bicyclic) bond motifs is 3. The first-order valence-corrected chi connectivity index (χ1v) is 8.93. The monoisotopic (exact) mass is 371 g/mol. The molecule has 0 bridgehead atoms. The topological polar surface area (TPSA) is 85.8 Å². The molecule has 2 unspecified atom stereocenters. The number of urea groups is 1. The van der Waals surface area contributed by atoms with E-state index in [4.69, 9.17) is 4.74 Å². The third-order valence-corrected chi connectivity index (χ3v) is 5.04. The van der Waals surface area contributed by atoms with Crippen LogP contribution in [0.5, 0.6) is 0 Å². The second kappa shape index (κ2) is 6.57. The number of ether oxygens (including phenoxy) is 1. The van der Waals surface area contributed by atoms with E-state index in [-0.39, 0.29) is 13.2 Å². The molecular weight excluding hydrogens is 350 g/mol. The van der Waals surface area contributed by atoms with E-state index in [0.29, 0.717) is 19.0 Å². The van der Waals surface area contributed by atoms with E-state index < -0.39 is 30.1 Å². The second-order valence-corrected chi connectivity index (χ2v) is 6.59. The lowest BCUT2D eigenvalue weighted by atomic mass is 10.1. The van der Waals surface area contributed by atoms with Gasteiger partial charge in [-0.1, -0.05) is 18.2 Å². The maximum Gasteiger partial charge on any atom is 0.328 e. The average molecular weight is 371 g/mol. The SMILES string of the molecule is CCOC(=O)CN1C(=O)C2C(N=C3N(c4ccccc4)CCN32)N(C)C1=O. The van der Waals surface area contributed by atoms with Crippen molar-refractivity contribution in [2.75, 3.05) is 38.2 Å². The van der Waals surface area contributed by atoms with Crippen LogP contribution in [0.3, 0.4) is 0 Å². The van der Waals surface area contributed by atoms with Gasteiger partial charge in [0.15, 0.2) is 12.2 Å². The zero-order valence-corrected chi connectivity index (χ0v) is 15.2. The van der Waals surface area contributed by atoms with Crippen molar-refractivity contribution in [2.45, 2.75) is 19.1 Å². The number of hydrogen-bond donors (Lipinski definition) is 0. The van der Waals surface area contributed by atoms with Gasteiger partial charge in [0.25, 0.3) is 5.91 Å². The largest absolute Gasteiger partial charge is 0.465 e. The van der Waals surface area contributed by atoms with Crippen LogP contribution in [-0.4, -0.2) is 84.1 Å². The predicted molar refractivity (Wildman–Crippen MR) is 97.0 cm³/mol. The first-order chi connectivity index (χ1) is 13.0. The molecule has 9 nitrogen and oxygen atoms in total. The van der Waals surface area contributed by atoms with Crippen LogP contribution in [0.4, 0.5) is 10.5 Å². The number of benzene rings is 1. The summed E-state index contributed by atoms with van der Waals surface area (Å²) in [6, 6.07) is 8.65. The number of carbonyl (C=O) groups excluding carboxylic acids is 3. The summed E-state index contributed by atoms with van der Waals surface area (Å²) in [6.45, 7) is 2.82. The number of para-hydroxylation sites is 1. The van der Waals surface area contributed by atoms with Gasteiger partial charge in [0.1, 0.15) is 6.54 Å². The number of carbonyl (C=O) groups is 3. The number of hydrogen-bond acceptors (Lipinski definition) is 7. The van der Waals surface area contributed by atoms with E-state index in [1.807, 2.05) is 40.1 Å². The number of imide groups is 1. The van der Waals surface area contributed by atoms with E-state index in [9.17, 15) is 14.4 Å². The summed E-state index contributed by atoms with van der Waals surface area (Å²) in [6.07, 6.45) is -0.593. The summed E-state index contributed by atoms with van der Waals surface area (Å²) >= 11 is 0. The molecule has 142 valence electrons. The van der Waals surface area contributed by atoms with Crippen LogP contribution in [0.25, 0.3) is 0 Å². The first kappa shape index (κ1) is 17.3. The minimum atomic E-state index is -0.620. The molecule has 3 heterocycles. The van der Waals surface area contributed by atoms with Crippen molar-refractivity contribution in [2.24, 2.45) is 4.99 Å². The summed E-state index contributed by atoms with van der Waals surface area (Å²) < 4.78 is 4.90.